The van der Waals surface area contributed by atoms with Crippen LogP contribution in [0.4, 0.5) is 10.1 Å². The Hall–Kier alpha value is -2.20. The van der Waals surface area contributed by atoms with Crippen LogP contribution in [0.5, 0.6) is 0 Å². The van der Waals surface area contributed by atoms with Crippen LogP contribution in [0.15, 0.2) is 42.5 Å². The third-order valence-electron chi connectivity index (χ3n) is 3.79. The van der Waals surface area contributed by atoms with E-state index < -0.39 is 5.82 Å². The minimum Gasteiger partial charge on any atom is -0.323 e. The van der Waals surface area contributed by atoms with Gasteiger partial charge in [-0.05, 0) is 35.7 Å². The van der Waals surface area contributed by atoms with E-state index in [2.05, 4.69) is 10.6 Å². The molecule has 0 aliphatic carbocycles. The summed E-state index contributed by atoms with van der Waals surface area (Å²) < 4.78 is 13.8. The molecule has 0 saturated carbocycles. The van der Waals surface area contributed by atoms with Crippen LogP contribution in [0.25, 0.3) is 0 Å². The highest BCUT2D eigenvalue weighted by molar-refractivity contribution is 5.96. The van der Waals surface area contributed by atoms with Crippen LogP contribution in [0, 0.1) is 12.7 Å². The van der Waals surface area contributed by atoms with Crippen molar-refractivity contribution in [3.63, 3.8) is 0 Å². The molecule has 1 aliphatic rings. The number of amides is 1. The second kappa shape index (κ2) is 5.66. The van der Waals surface area contributed by atoms with Gasteiger partial charge in [0.2, 0.25) is 5.91 Å². The van der Waals surface area contributed by atoms with Gasteiger partial charge in [0, 0.05) is 13.1 Å². The van der Waals surface area contributed by atoms with Crippen LogP contribution in [0.1, 0.15) is 22.6 Å². The Bertz CT molecular complexity index is 684. The fourth-order valence-electron chi connectivity index (χ4n) is 2.67. The Kier molecular flexibility index (Phi) is 3.71. The third-order valence-corrected chi connectivity index (χ3v) is 3.79. The van der Waals surface area contributed by atoms with Crippen molar-refractivity contribution in [2.45, 2.75) is 19.4 Å². The number of carbonyl (C=O) groups excluding carboxylic acids is 1. The second-order valence-electron chi connectivity index (χ2n) is 5.35. The molecule has 0 radical (unpaired) electrons. The number of hydrogen-bond acceptors (Lipinski definition) is 2. The number of rotatable bonds is 2. The largest absolute Gasteiger partial charge is 0.323 e. The molecule has 1 unspecified atom stereocenters. The summed E-state index contributed by atoms with van der Waals surface area (Å²) in [5, 5.41) is 5.92. The average Bonchev–Trinajstić information content (AvgIpc) is 2.49. The van der Waals surface area contributed by atoms with Gasteiger partial charge in [0.05, 0.1) is 11.6 Å². The summed E-state index contributed by atoms with van der Waals surface area (Å²) in [5.74, 6) is -0.881. The zero-order valence-corrected chi connectivity index (χ0v) is 11.8. The van der Waals surface area contributed by atoms with Gasteiger partial charge in [-0.25, -0.2) is 4.39 Å². The van der Waals surface area contributed by atoms with E-state index in [0.29, 0.717) is 6.54 Å². The fraction of sp³-hybridized carbons (Fsp3) is 0.235. The molecule has 21 heavy (non-hydrogen) atoms. The fourth-order valence-corrected chi connectivity index (χ4v) is 2.67. The van der Waals surface area contributed by atoms with E-state index in [1.54, 1.807) is 12.1 Å². The van der Waals surface area contributed by atoms with E-state index in [1.165, 1.54) is 6.07 Å². The Balaban J connectivity index is 1.83. The van der Waals surface area contributed by atoms with Crippen molar-refractivity contribution in [3.8, 4) is 0 Å². The Morgan fingerprint density at radius 3 is 2.90 bits per heavy atom. The van der Waals surface area contributed by atoms with Crippen molar-refractivity contribution in [2.24, 2.45) is 0 Å². The maximum absolute atomic E-state index is 13.8. The number of halogens is 1. The highest BCUT2D eigenvalue weighted by atomic mass is 19.1. The first-order valence-corrected chi connectivity index (χ1v) is 7.00. The van der Waals surface area contributed by atoms with Crippen molar-refractivity contribution in [2.75, 3.05) is 11.9 Å². The van der Waals surface area contributed by atoms with Gasteiger partial charge in [0.25, 0.3) is 0 Å². The minimum atomic E-state index is -0.402. The quantitative estimate of drug-likeness (QED) is 0.890. The maximum atomic E-state index is 13.8. The predicted molar refractivity (Wildman–Crippen MR) is 80.7 cm³/mol. The molecule has 0 fully saturated rings. The summed E-state index contributed by atoms with van der Waals surface area (Å²) in [6, 6.07) is 12.7. The van der Waals surface area contributed by atoms with E-state index >= 15 is 0 Å². The molecule has 0 aromatic heterocycles. The molecule has 2 aromatic carbocycles. The van der Waals surface area contributed by atoms with Gasteiger partial charge in [-0.3, -0.25) is 4.79 Å². The van der Waals surface area contributed by atoms with Crippen molar-refractivity contribution < 1.29 is 9.18 Å². The summed E-state index contributed by atoms with van der Waals surface area (Å²) in [6.45, 7) is 3.14. The van der Waals surface area contributed by atoms with E-state index in [4.69, 9.17) is 0 Å². The molecule has 0 bridgehead atoms. The molecule has 4 heteroatoms. The summed E-state index contributed by atoms with van der Waals surface area (Å²) in [6.07, 6.45) is 0. The molecule has 1 atom stereocenters. The van der Waals surface area contributed by atoms with Crippen molar-refractivity contribution in [3.05, 3.63) is 65.0 Å². The molecule has 3 rings (SSSR count). The lowest BCUT2D eigenvalue weighted by atomic mass is 9.90. The van der Waals surface area contributed by atoms with Crippen LogP contribution in [0.3, 0.4) is 0 Å². The highest BCUT2D eigenvalue weighted by Gasteiger charge is 2.26. The van der Waals surface area contributed by atoms with E-state index in [9.17, 15) is 9.18 Å². The molecule has 1 aliphatic heterocycles. The molecule has 1 heterocycles. The lowest BCUT2D eigenvalue weighted by Crippen LogP contribution is -2.35. The van der Waals surface area contributed by atoms with Crippen LogP contribution >= 0.6 is 0 Å². The van der Waals surface area contributed by atoms with Crippen molar-refractivity contribution >= 4 is 11.6 Å². The number of carbonyl (C=O) groups is 1. The molecule has 1 amide bonds. The SMILES string of the molecule is Cc1ccc(NC(=O)C2CNCc3ccccc32)c(F)c1. The van der Waals surface area contributed by atoms with E-state index in [0.717, 1.165) is 23.2 Å². The number of hydrogen-bond donors (Lipinski definition) is 2. The smallest absolute Gasteiger partial charge is 0.233 e. The molecule has 0 spiro atoms. The predicted octanol–water partition coefficient (Wildman–Crippen LogP) is 2.96. The number of aryl methyl sites for hydroxylation is 1. The third kappa shape index (κ3) is 2.81. The van der Waals surface area contributed by atoms with Gasteiger partial charge in [0.15, 0.2) is 0 Å². The molecular weight excluding hydrogens is 267 g/mol. The second-order valence-corrected chi connectivity index (χ2v) is 5.35. The van der Waals surface area contributed by atoms with Gasteiger partial charge in [-0.15, -0.1) is 0 Å². The Morgan fingerprint density at radius 2 is 2.10 bits per heavy atom. The van der Waals surface area contributed by atoms with Gasteiger partial charge in [-0.1, -0.05) is 30.3 Å². The zero-order valence-electron chi connectivity index (χ0n) is 11.8. The number of benzene rings is 2. The van der Waals surface area contributed by atoms with Crippen LogP contribution in [-0.2, 0) is 11.3 Å². The first kappa shape index (κ1) is 13.8. The van der Waals surface area contributed by atoms with Gasteiger partial charge in [0.1, 0.15) is 5.82 Å². The first-order valence-electron chi connectivity index (χ1n) is 7.00. The average molecular weight is 284 g/mol. The zero-order chi connectivity index (χ0) is 14.8. The lowest BCUT2D eigenvalue weighted by Gasteiger charge is -2.25. The Morgan fingerprint density at radius 1 is 1.29 bits per heavy atom. The maximum Gasteiger partial charge on any atom is 0.233 e. The van der Waals surface area contributed by atoms with Gasteiger partial charge >= 0.3 is 0 Å². The van der Waals surface area contributed by atoms with Gasteiger partial charge < -0.3 is 10.6 Å². The summed E-state index contributed by atoms with van der Waals surface area (Å²) in [5.41, 5.74) is 3.19. The molecule has 3 nitrogen and oxygen atoms in total. The van der Waals surface area contributed by atoms with Gasteiger partial charge in [-0.2, -0.15) is 0 Å². The summed E-state index contributed by atoms with van der Waals surface area (Å²) in [4.78, 5) is 12.4. The van der Waals surface area contributed by atoms with Crippen molar-refractivity contribution in [1.82, 2.24) is 5.32 Å². The normalized spacial score (nSPS) is 17.1. The molecule has 0 saturated heterocycles. The molecule has 108 valence electrons. The Labute approximate surface area is 123 Å². The topological polar surface area (TPSA) is 41.1 Å². The molecule has 2 aromatic rings. The summed E-state index contributed by atoms with van der Waals surface area (Å²) in [7, 11) is 0. The van der Waals surface area contributed by atoms with E-state index in [1.807, 2.05) is 31.2 Å². The van der Waals surface area contributed by atoms with Crippen LogP contribution in [-0.4, -0.2) is 12.5 Å². The highest BCUT2D eigenvalue weighted by Crippen LogP contribution is 2.26. The molecular formula is C17H17FN2O. The first-order chi connectivity index (χ1) is 10.1. The number of anilines is 1. The van der Waals surface area contributed by atoms with E-state index in [-0.39, 0.29) is 17.5 Å². The minimum absolute atomic E-state index is 0.183. The summed E-state index contributed by atoms with van der Waals surface area (Å²) >= 11 is 0. The van der Waals surface area contributed by atoms with Crippen LogP contribution in [0.2, 0.25) is 0 Å². The standard InChI is InChI=1S/C17H17FN2O/c1-11-6-7-16(15(18)8-11)20-17(21)14-10-19-9-12-4-2-3-5-13(12)14/h2-8,14,19H,9-10H2,1H3,(H,20,21). The van der Waals surface area contributed by atoms with Crippen LogP contribution < -0.4 is 10.6 Å². The monoisotopic (exact) mass is 284 g/mol. The van der Waals surface area contributed by atoms with Crippen molar-refractivity contribution in [1.29, 1.82) is 0 Å². The molecule has 2 N–H and O–H groups in total. The number of fused-ring (bicyclic) bond motifs is 1. The number of nitrogens with one attached hydrogen (secondary N) is 2. The lowest BCUT2D eigenvalue weighted by molar-refractivity contribution is -0.117.